The van der Waals surface area contributed by atoms with E-state index >= 15 is 0 Å². The van der Waals surface area contributed by atoms with Gasteiger partial charge in [-0.2, -0.15) is 0 Å². The third-order valence-electron chi connectivity index (χ3n) is 5.14. The minimum absolute atomic E-state index is 0.258. The molecule has 2 N–H and O–H groups in total. The van der Waals surface area contributed by atoms with Gasteiger partial charge >= 0.3 is 0 Å². The Hall–Kier alpha value is -1.61. The average Bonchev–Trinajstić information content (AvgIpc) is 3.04. The zero-order chi connectivity index (χ0) is 14.6. The molecular weight excluding hydrogens is 258 g/mol. The Balaban J connectivity index is 1.81. The molecule has 3 nitrogen and oxygen atoms in total. The molecule has 0 saturated heterocycles. The second-order valence-electron chi connectivity index (χ2n) is 6.75. The van der Waals surface area contributed by atoms with E-state index in [1.165, 1.54) is 47.5 Å². The molecule has 0 spiro atoms. The van der Waals surface area contributed by atoms with Crippen LogP contribution in [0.1, 0.15) is 48.3 Å². The van der Waals surface area contributed by atoms with E-state index in [-0.39, 0.29) is 6.04 Å². The van der Waals surface area contributed by atoms with Crippen molar-refractivity contribution >= 4 is 0 Å². The molecule has 4 rings (SSSR count). The lowest BCUT2D eigenvalue weighted by Crippen LogP contribution is -2.34. The summed E-state index contributed by atoms with van der Waals surface area (Å²) in [4.78, 5) is 4.97. The zero-order valence-corrected chi connectivity index (χ0v) is 12.9. The van der Waals surface area contributed by atoms with Crippen molar-refractivity contribution in [1.29, 1.82) is 0 Å². The number of benzene rings is 1. The average molecular weight is 281 g/mol. The molecule has 0 amide bonds. The van der Waals surface area contributed by atoms with E-state index < -0.39 is 0 Å². The molecule has 1 aliphatic heterocycles. The van der Waals surface area contributed by atoms with Crippen molar-refractivity contribution < 1.29 is 0 Å². The van der Waals surface area contributed by atoms with Gasteiger partial charge in [0, 0.05) is 29.8 Å². The Morgan fingerprint density at radius 1 is 1.24 bits per heavy atom. The molecule has 2 aromatic rings. The summed E-state index contributed by atoms with van der Waals surface area (Å²) in [5.41, 5.74) is 12.9. The van der Waals surface area contributed by atoms with E-state index in [1.807, 2.05) is 0 Å². The molecule has 1 aliphatic carbocycles. The second-order valence-corrected chi connectivity index (χ2v) is 6.75. The molecule has 110 valence electrons. The maximum absolute atomic E-state index is 6.18. The van der Waals surface area contributed by atoms with Crippen LogP contribution in [0.25, 0.3) is 11.3 Å². The predicted molar refractivity (Wildman–Crippen MR) is 85.4 cm³/mol. The summed E-state index contributed by atoms with van der Waals surface area (Å²) in [5.74, 6) is 1.67. The van der Waals surface area contributed by atoms with Crippen molar-refractivity contribution in [3.8, 4) is 11.3 Å². The smallest absolute Gasteiger partial charge is 0.112 e. The molecular formula is C18H23N3. The Labute approximate surface area is 126 Å². The number of nitrogens with zero attached hydrogens (tertiary/aromatic N) is 2. The van der Waals surface area contributed by atoms with Crippen molar-refractivity contribution in [3.05, 3.63) is 40.8 Å². The van der Waals surface area contributed by atoms with Gasteiger partial charge in [0.05, 0.1) is 5.69 Å². The van der Waals surface area contributed by atoms with E-state index in [4.69, 9.17) is 10.7 Å². The topological polar surface area (TPSA) is 43.8 Å². The van der Waals surface area contributed by atoms with Gasteiger partial charge in [0.25, 0.3) is 0 Å². The van der Waals surface area contributed by atoms with Crippen LogP contribution < -0.4 is 5.73 Å². The first-order valence-corrected chi connectivity index (χ1v) is 8.08. The third kappa shape index (κ3) is 2.03. The maximum atomic E-state index is 6.18. The lowest BCUT2D eigenvalue weighted by molar-refractivity contribution is 0.403. The normalized spacial score (nSPS) is 24.0. The molecule has 21 heavy (non-hydrogen) atoms. The van der Waals surface area contributed by atoms with Crippen LogP contribution >= 0.6 is 0 Å². The number of hydrogen-bond donors (Lipinski definition) is 1. The van der Waals surface area contributed by atoms with Gasteiger partial charge in [0.2, 0.25) is 0 Å². The molecule has 2 aliphatic rings. The van der Waals surface area contributed by atoms with Crippen LogP contribution in [0.4, 0.5) is 0 Å². The maximum Gasteiger partial charge on any atom is 0.112 e. The van der Waals surface area contributed by atoms with E-state index in [0.29, 0.717) is 5.92 Å². The van der Waals surface area contributed by atoms with Crippen molar-refractivity contribution in [2.45, 2.75) is 58.0 Å². The zero-order valence-electron chi connectivity index (χ0n) is 12.9. The number of hydrogen-bond acceptors (Lipinski definition) is 2. The Morgan fingerprint density at radius 2 is 2.05 bits per heavy atom. The summed E-state index contributed by atoms with van der Waals surface area (Å²) in [6.45, 7) is 5.33. The Bertz CT molecular complexity index is 699. The van der Waals surface area contributed by atoms with Gasteiger partial charge in [-0.15, -0.1) is 0 Å². The second kappa shape index (κ2) is 4.70. The minimum Gasteiger partial charge on any atom is -0.330 e. The SMILES string of the molecule is Cc1c(-c2ccc3c(c2)CCC3)nc2n1CC(N)CC2C. The fourth-order valence-electron chi connectivity index (χ4n) is 4.02. The molecule has 0 radical (unpaired) electrons. The van der Waals surface area contributed by atoms with Gasteiger partial charge in [-0.1, -0.05) is 19.1 Å². The highest BCUT2D eigenvalue weighted by Gasteiger charge is 2.27. The number of nitrogens with two attached hydrogens (primary N) is 1. The van der Waals surface area contributed by atoms with Gasteiger partial charge in [-0.05, 0) is 49.8 Å². The van der Waals surface area contributed by atoms with Crippen LogP contribution in [0.15, 0.2) is 18.2 Å². The number of imidazole rings is 1. The first-order chi connectivity index (χ1) is 10.1. The highest BCUT2D eigenvalue weighted by Crippen LogP contribution is 2.34. The van der Waals surface area contributed by atoms with Gasteiger partial charge in [-0.3, -0.25) is 0 Å². The fraction of sp³-hybridized carbons (Fsp3) is 0.500. The van der Waals surface area contributed by atoms with E-state index in [9.17, 15) is 0 Å². The molecule has 2 heterocycles. The highest BCUT2D eigenvalue weighted by atomic mass is 15.1. The van der Waals surface area contributed by atoms with Crippen molar-refractivity contribution in [2.75, 3.05) is 0 Å². The van der Waals surface area contributed by atoms with Crippen LogP contribution in [-0.4, -0.2) is 15.6 Å². The quantitative estimate of drug-likeness (QED) is 0.872. The molecule has 2 unspecified atom stereocenters. The third-order valence-corrected chi connectivity index (χ3v) is 5.14. The Kier molecular flexibility index (Phi) is 2.93. The van der Waals surface area contributed by atoms with Gasteiger partial charge < -0.3 is 10.3 Å². The van der Waals surface area contributed by atoms with Gasteiger partial charge in [0.1, 0.15) is 5.82 Å². The highest BCUT2D eigenvalue weighted by molar-refractivity contribution is 5.64. The number of aromatic nitrogens is 2. The monoisotopic (exact) mass is 281 g/mol. The standard InChI is InChI=1S/C18H23N3/c1-11-8-16(19)10-21-12(2)17(20-18(11)21)15-7-6-13-4-3-5-14(13)9-15/h6-7,9,11,16H,3-5,8,10,19H2,1-2H3. The largest absolute Gasteiger partial charge is 0.330 e. The number of aryl methyl sites for hydroxylation is 2. The summed E-state index contributed by atoms with van der Waals surface area (Å²) >= 11 is 0. The van der Waals surface area contributed by atoms with Crippen LogP contribution in [0.5, 0.6) is 0 Å². The molecule has 0 saturated carbocycles. The predicted octanol–water partition coefficient (Wildman–Crippen LogP) is 3.18. The lowest BCUT2D eigenvalue weighted by Gasteiger charge is -2.26. The molecule has 1 aromatic carbocycles. The number of rotatable bonds is 1. The van der Waals surface area contributed by atoms with E-state index in [1.54, 1.807) is 0 Å². The molecule has 2 atom stereocenters. The van der Waals surface area contributed by atoms with Crippen molar-refractivity contribution in [1.82, 2.24) is 9.55 Å². The van der Waals surface area contributed by atoms with Crippen molar-refractivity contribution in [2.24, 2.45) is 5.73 Å². The molecule has 1 aromatic heterocycles. The van der Waals surface area contributed by atoms with Gasteiger partial charge in [0.15, 0.2) is 0 Å². The minimum atomic E-state index is 0.258. The van der Waals surface area contributed by atoms with E-state index in [2.05, 4.69) is 36.6 Å². The molecule has 0 bridgehead atoms. The summed E-state index contributed by atoms with van der Waals surface area (Å²) in [6.07, 6.45) is 4.79. The number of fused-ring (bicyclic) bond motifs is 2. The molecule has 3 heteroatoms. The first-order valence-electron chi connectivity index (χ1n) is 8.08. The van der Waals surface area contributed by atoms with Crippen molar-refractivity contribution in [3.63, 3.8) is 0 Å². The van der Waals surface area contributed by atoms with Gasteiger partial charge in [-0.25, -0.2) is 4.98 Å². The summed E-state index contributed by atoms with van der Waals surface area (Å²) < 4.78 is 2.33. The summed E-state index contributed by atoms with van der Waals surface area (Å²) in [7, 11) is 0. The van der Waals surface area contributed by atoms with Crippen LogP contribution in [0.3, 0.4) is 0 Å². The molecule has 0 fully saturated rings. The first kappa shape index (κ1) is 13.1. The van der Waals surface area contributed by atoms with E-state index in [0.717, 1.165) is 18.7 Å². The summed E-state index contributed by atoms with van der Waals surface area (Å²) in [5, 5.41) is 0. The lowest BCUT2D eigenvalue weighted by atomic mass is 9.98. The fourth-order valence-corrected chi connectivity index (χ4v) is 4.02. The summed E-state index contributed by atoms with van der Waals surface area (Å²) in [6, 6.07) is 7.16. The van der Waals surface area contributed by atoms with Crippen LogP contribution in [0, 0.1) is 6.92 Å². The van der Waals surface area contributed by atoms with Crippen LogP contribution in [-0.2, 0) is 19.4 Å². The van der Waals surface area contributed by atoms with Crippen LogP contribution in [0.2, 0.25) is 0 Å². The Morgan fingerprint density at radius 3 is 2.90 bits per heavy atom.